The molecule has 6 N–H and O–H groups in total. The van der Waals surface area contributed by atoms with Gasteiger partial charge < -0.3 is 35.4 Å². The molecule has 0 aromatic heterocycles. The average molecular weight is 611 g/mol. The third kappa shape index (κ3) is 3.99. The number of phenolic OH excluding ortho intramolecular Hbond substituents is 1. The average Bonchev–Trinajstić information content (AvgIpc) is 3.48. The summed E-state index contributed by atoms with van der Waals surface area (Å²) in [6, 6.07) is 9.99. The highest BCUT2D eigenvalue weighted by molar-refractivity contribution is 6.21. The van der Waals surface area contributed by atoms with E-state index in [1.54, 1.807) is 30.3 Å². The summed E-state index contributed by atoms with van der Waals surface area (Å²) in [6.07, 6.45) is -1.82. The van der Waals surface area contributed by atoms with Gasteiger partial charge in [0.15, 0.2) is 23.7 Å². The lowest BCUT2D eigenvalue weighted by Gasteiger charge is -2.64. The molecule has 2 fully saturated rings. The van der Waals surface area contributed by atoms with E-state index in [-0.39, 0.29) is 23.6 Å². The molecule has 7 atom stereocenters. The van der Waals surface area contributed by atoms with Crippen LogP contribution in [0.25, 0.3) is 0 Å². The van der Waals surface area contributed by atoms with E-state index in [0.29, 0.717) is 42.6 Å². The summed E-state index contributed by atoms with van der Waals surface area (Å²) < 4.78 is 6.52. The van der Waals surface area contributed by atoms with Crippen molar-refractivity contribution in [3.63, 3.8) is 0 Å². The first-order valence-electron chi connectivity index (χ1n) is 14.7. The summed E-state index contributed by atoms with van der Waals surface area (Å²) in [6.45, 7) is 3.88. The van der Waals surface area contributed by atoms with Crippen LogP contribution in [0, 0.1) is 0 Å². The van der Waals surface area contributed by atoms with Gasteiger partial charge >= 0.3 is 11.9 Å². The maximum Gasteiger partial charge on any atom is 0.335 e. The minimum absolute atomic E-state index is 0.0559. The molecule has 2 unspecified atom stereocenters. The fourth-order valence-corrected chi connectivity index (χ4v) is 8.20. The minimum Gasteiger partial charge on any atom is -0.504 e. The first-order valence-corrected chi connectivity index (χ1v) is 14.7. The van der Waals surface area contributed by atoms with Crippen molar-refractivity contribution < 1.29 is 54.6 Å². The summed E-state index contributed by atoms with van der Waals surface area (Å²) in [5.41, 5.74) is 1.02. The van der Waals surface area contributed by atoms with Gasteiger partial charge in [-0.3, -0.25) is 19.4 Å². The van der Waals surface area contributed by atoms with Crippen LogP contribution in [0.3, 0.4) is 0 Å². The van der Waals surface area contributed by atoms with Crippen molar-refractivity contribution in [3.05, 3.63) is 58.7 Å². The summed E-state index contributed by atoms with van der Waals surface area (Å²) in [5, 5.41) is 55.8. The molecule has 1 saturated carbocycles. The first kappa shape index (κ1) is 30.0. The summed E-state index contributed by atoms with van der Waals surface area (Å²) in [4.78, 5) is 50.1. The molecule has 234 valence electrons. The molecule has 3 aliphatic heterocycles. The molecule has 44 heavy (non-hydrogen) atoms. The zero-order chi connectivity index (χ0) is 31.7. The molecular formula is C31H34N2O11. The Morgan fingerprint density at radius 3 is 2.18 bits per heavy atom. The molecule has 1 spiro atoms. The number of aliphatic hydroxyl groups excluding tert-OH is 2. The van der Waals surface area contributed by atoms with E-state index in [2.05, 4.69) is 11.8 Å². The van der Waals surface area contributed by atoms with Crippen LogP contribution in [-0.2, 0) is 21.4 Å². The standard InChI is InChI=1S/C27H28N2O5.C4H6O6/c1-2-12-28-13-11-26-21-15-7-8-19(30)22(21)34-23(26)18(9-10-27(26,33)20(28)14-15)29-24(31)16-5-3-4-6-17(16)25(29)32;5-1(3(7)8)2(6)4(9)10/h3-8,18,20,23,30,33H,2,9-14H2,1H3;1-2,5-6H,(H,7,8)(H,9,10)/t18-,20-,23+,26+,27-;/m1./s1. The monoisotopic (exact) mass is 610 g/mol. The van der Waals surface area contributed by atoms with E-state index in [4.69, 9.17) is 25.2 Å². The molecule has 2 aliphatic carbocycles. The lowest BCUT2D eigenvalue weighted by Crippen LogP contribution is -2.78. The van der Waals surface area contributed by atoms with Gasteiger partial charge in [-0.25, -0.2) is 9.59 Å². The topological polar surface area (TPSA) is 205 Å². The Balaban J connectivity index is 0.000000299. The number of carboxylic acids is 2. The second-order valence-corrected chi connectivity index (χ2v) is 12.1. The lowest BCUT2D eigenvalue weighted by molar-refractivity contribution is -0.195. The zero-order valence-electron chi connectivity index (χ0n) is 23.9. The number of aliphatic hydroxyl groups is 3. The quantitative estimate of drug-likeness (QED) is 0.247. The van der Waals surface area contributed by atoms with E-state index >= 15 is 0 Å². The van der Waals surface area contributed by atoms with E-state index in [0.717, 1.165) is 30.6 Å². The molecule has 5 aliphatic rings. The number of carbonyl (C=O) groups excluding carboxylic acids is 2. The van der Waals surface area contributed by atoms with Crippen LogP contribution in [0.5, 0.6) is 11.5 Å². The number of aliphatic carboxylic acids is 2. The zero-order valence-corrected chi connectivity index (χ0v) is 23.9. The molecule has 7 rings (SSSR count). The minimum atomic E-state index is -2.27. The van der Waals surface area contributed by atoms with Gasteiger partial charge in [0, 0.05) is 11.6 Å². The maximum absolute atomic E-state index is 13.4. The van der Waals surface area contributed by atoms with E-state index < -0.39 is 47.3 Å². The van der Waals surface area contributed by atoms with Crippen molar-refractivity contribution >= 4 is 23.8 Å². The molecule has 2 aromatic rings. The Bertz CT molecular complexity index is 1510. The van der Waals surface area contributed by atoms with Crippen LogP contribution in [0.2, 0.25) is 0 Å². The van der Waals surface area contributed by atoms with Crippen molar-refractivity contribution in [2.45, 2.75) is 80.4 Å². The van der Waals surface area contributed by atoms with E-state index in [9.17, 15) is 29.4 Å². The van der Waals surface area contributed by atoms with Crippen LogP contribution >= 0.6 is 0 Å². The lowest BCUT2D eigenvalue weighted by atomic mass is 9.48. The van der Waals surface area contributed by atoms with Gasteiger partial charge in [-0.05, 0) is 69.0 Å². The third-order valence-corrected chi connectivity index (χ3v) is 10.0. The molecule has 13 heteroatoms. The van der Waals surface area contributed by atoms with Crippen molar-refractivity contribution in [2.75, 3.05) is 13.1 Å². The fourth-order valence-electron chi connectivity index (χ4n) is 8.20. The fraction of sp³-hybridized carbons (Fsp3) is 0.484. The number of hydrogen-bond donors (Lipinski definition) is 6. The largest absolute Gasteiger partial charge is 0.504 e. The first-order chi connectivity index (χ1) is 20.9. The Morgan fingerprint density at radius 1 is 1.00 bits per heavy atom. The van der Waals surface area contributed by atoms with Gasteiger partial charge in [0.25, 0.3) is 11.8 Å². The van der Waals surface area contributed by atoms with Crippen LogP contribution in [0.4, 0.5) is 0 Å². The van der Waals surface area contributed by atoms with Crippen LogP contribution in [0.1, 0.15) is 64.4 Å². The third-order valence-electron chi connectivity index (χ3n) is 10.0. The molecular weight excluding hydrogens is 576 g/mol. The predicted octanol–water partition coefficient (Wildman–Crippen LogP) is 0.498. The van der Waals surface area contributed by atoms with Crippen LogP contribution in [-0.4, -0.2) is 113 Å². The Morgan fingerprint density at radius 2 is 1.61 bits per heavy atom. The smallest absolute Gasteiger partial charge is 0.335 e. The summed E-state index contributed by atoms with van der Waals surface area (Å²) in [7, 11) is 0. The number of phenols is 1. The predicted molar refractivity (Wildman–Crippen MR) is 150 cm³/mol. The normalized spacial score (nSPS) is 30.8. The highest BCUT2D eigenvalue weighted by Gasteiger charge is 2.74. The molecule has 2 aromatic carbocycles. The number of amides is 2. The molecule has 2 bridgehead atoms. The second kappa shape index (κ2) is 10.5. The van der Waals surface area contributed by atoms with Gasteiger partial charge in [-0.1, -0.05) is 25.1 Å². The Labute approximate surface area is 251 Å². The van der Waals surface area contributed by atoms with Crippen molar-refractivity contribution in [2.24, 2.45) is 0 Å². The molecule has 1 saturated heterocycles. The number of fused-ring (bicyclic) bond motifs is 1. The maximum atomic E-state index is 13.4. The van der Waals surface area contributed by atoms with Crippen molar-refractivity contribution in [1.29, 1.82) is 0 Å². The number of benzene rings is 2. The Hall–Kier alpha value is -4.04. The van der Waals surface area contributed by atoms with Crippen molar-refractivity contribution in [3.8, 4) is 11.5 Å². The number of nitrogens with zero attached hydrogens (tertiary/aromatic N) is 2. The van der Waals surface area contributed by atoms with Crippen molar-refractivity contribution in [1.82, 2.24) is 9.80 Å². The Kier molecular flexibility index (Phi) is 7.19. The number of rotatable bonds is 6. The van der Waals surface area contributed by atoms with Gasteiger partial charge in [-0.15, -0.1) is 0 Å². The van der Waals surface area contributed by atoms with Gasteiger partial charge in [0.05, 0.1) is 28.2 Å². The highest BCUT2D eigenvalue weighted by Crippen LogP contribution is 2.66. The molecule has 13 nitrogen and oxygen atoms in total. The number of ether oxygens (including phenoxy) is 1. The van der Waals surface area contributed by atoms with E-state index in [1.807, 2.05) is 6.07 Å². The second-order valence-electron chi connectivity index (χ2n) is 12.1. The number of likely N-dealkylation sites (tertiary alicyclic amines) is 1. The number of imide groups is 1. The van der Waals surface area contributed by atoms with Crippen LogP contribution in [0.15, 0.2) is 36.4 Å². The van der Waals surface area contributed by atoms with Crippen LogP contribution < -0.4 is 4.74 Å². The molecule has 2 amide bonds. The summed E-state index contributed by atoms with van der Waals surface area (Å²) in [5.74, 6) is -3.66. The number of piperidine rings is 1. The highest BCUT2D eigenvalue weighted by atomic mass is 16.5. The van der Waals surface area contributed by atoms with Gasteiger partial charge in [0.1, 0.15) is 6.10 Å². The van der Waals surface area contributed by atoms with Gasteiger partial charge in [0.2, 0.25) is 0 Å². The number of carboxylic acid groups (broad SMARTS) is 2. The number of hydrogen-bond acceptors (Lipinski definition) is 10. The summed E-state index contributed by atoms with van der Waals surface area (Å²) >= 11 is 0. The molecule has 0 radical (unpaired) electrons. The van der Waals surface area contributed by atoms with E-state index in [1.165, 1.54) is 4.90 Å². The number of carbonyl (C=O) groups is 4. The number of aromatic hydroxyl groups is 1. The SMILES string of the molecule is CCCN1CC[C@]23c4c5ccc(O)c4O[C@H]2[C@H](N2C(=O)c4ccccc4C2=O)CC[C@@]3(O)[C@H]1C5.O=C(O)C(O)C(O)C(=O)O. The van der Waals surface area contributed by atoms with Gasteiger partial charge in [-0.2, -0.15) is 0 Å². The molecule has 3 heterocycles.